The average molecular weight is 391 g/mol. The number of halogens is 1. The molecule has 0 fully saturated rings. The van der Waals surface area contributed by atoms with Gasteiger partial charge in [-0.2, -0.15) is 10.2 Å². The van der Waals surface area contributed by atoms with Crippen molar-refractivity contribution >= 4 is 29.4 Å². The van der Waals surface area contributed by atoms with Crippen LogP contribution in [0.25, 0.3) is 0 Å². The molecule has 3 N–H and O–H groups in total. The van der Waals surface area contributed by atoms with Gasteiger partial charge in [0.05, 0.1) is 5.69 Å². The molecule has 0 aliphatic rings. The summed E-state index contributed by atoms with van der Waals surface area (Å²) in [4.78, 5) is 19.8. The van der Waals surface area contributed by atoms with Crippen LogP contribution in [0.2, 0.25) is 0 Å². The molecule has 10 heteroatoms. The van der Waals surface area contributed by atoms with Crippen LogP contribution < -0.4 is 15.8 Å². The third kappa shape index (κ3) is 5.46. The number of rotatable bonds is 4. The predicted molar refractivity (Wildman–Crippen MR) is 99.3 cm³/mol. The Morgan fingerprint density at radius 3 is 2.63 bits per heavy atom. The maximum Gasteiger partial charge on any atom is 0.412 e. The lowest BCUT2D eigenvalue weighted by atomic mass is 10.2. The van der Waals surface area contributed by atoms with Gasteiger partial charge in [-0.25, -0.2) is 14.2 Å². The maximum absolute atomic E-state index is 14.3. The Morgan fingerprint density at radius 1 is 1.37 bits per heavy atom. The summed E-state index contributed by atoms with van der Waals surface area (Å²) in [5.41, 5.74) is 4.88. The number of benzene rings is 1. The summed E-state index contributed by atoms with van der Waals surface area (Å²) in [5, 5.41) is 11.8. The third-order valence-electron chi connectivity index (χ3n) is 2.97. The number of aromatic nitrogens is 2. The Hall–Kier alpha value is -3.06. The first-order chi connectivity index (χ1) is 12.6. The average Bonchev–Trinajstić information content (AvgIpc) is 2.55. The SMILES string of the molecule is CSc1nc(N)c(C#N)c(Oc2ccc(NC(=O)OC(C)(C)C)c(F)c2)n1. The van der Waals surface area contributed by atoms with E-state index in [1.165, 1.54) is 23.9 Å². The highest BCUT2D eigenvalue weighted by Crippen LogP contribution is 2.30. The van der Waals surface area contributed by atoms with E-state index in [1.54, 1.807) is 27.0 Å². The molecular weight excluding hydrogens is 373 g/mol. The second kappa shape index (κ2) is 8.09. The van der Waals surface area contributed by atoms with Crippen LogP contribution in [0.5, 0.6) is 11.6 Å². The largest absolute Gasteiger partial charge is 0.444 e. The number of carbonyl (C=O) groups is 1. The Kier molecular flexibility index (Phi) is 6.07. The minimum Gasteiger partial charge on any atom is -0.444 e. The lowest BCUT2D eigenvalue weighted by molar-refractivity contribution is 0.0635. The molecule has 2 rings (SSSR count). The van der Waals surface area contributed by atoms with E-state index in [0.717, 1.165) is 6.07 Å². The first-order valence-corrected chi connectivity index (χ1v) is 8.94. The quantitative estimate of drug-likeness (QED) is 0.593. The highest BCUT2D eigenvalue weighted by Gasteiger charge is 2.18. The molecule has 8 nitrogen and oxygen atoms in total. The van der Waals surface area contributed by atoms with Gasteiger partial charge >= 0.3 is 6.09 Å². The van der Waals surface area contributed by atoms with E-state index in [1.807, 2.05) is 6.07 Å². The van der Waals surface area contributed by atoms with Crippen LogP contribution in [0.4, 0.5) is 20.7 Å². The normalized spacial score (nSPS) is 10.8. The zero-order valence-corrected chi connectivity index (χ0v) is 16.0. The number of anilines is 2. The molecule has 0 aliphatic carbocycles. The van der Waals surface area contributed by atoms with Gasteiger partial charge in [-0.3, -0.25) is 5.32 Å². The van der Waals surface area contributed by atoms with Crippen molar-refractivity contribution in [3.05, 3.63) is 29.6 Å². The van der Waals surface area contributed by atoms with Gasteiger partial charge < -0.3 is 15.2 Å². The highest BCUT2D eigenvalue weighted by molar-refractivity contribution is 7.98. The van der Waals surface area contributed by atoms with Crippen molar-refractivity contribution in [3.8, 4) is 17.7 Å². The molecule has 0 saturated heterocycles. The highest BCUT2D eigenvalue weighted by atomic mass is 32.2. The van der Waals surface area contributed by atoms with E-state index in [2.05, 4.69) is 15.3 Å². The fourth-order valence-electron chi connectivity index (χ4n) is 1.89. The first-order valence-electron chi connectivity index (χ1n) is 7.72. The number of nitriles is 1. The van der Waals surface area contributed by atoms with Gasteiger partial charge in [0.2, 0.25) is 5.88 Å². The van der Waals surface area contributed by atoms with Crippen molar-refractivity contribution in [2.75, 3.05) is 17.3 Å². The summed E-state index contributed by atoms with van der Waals surface area (Å²) in [5.74, 6) is -0.787. The number of nitrogens with two attached hydrogens (primary N) is 1. The van der Waals surface area contributed by atoms with Crippen LogP contribution in [0.3, 0.4) is 0 Å². The molecule has 2 aromatic rings. The van der Waals surface area contributed by atoms with E-state index in [0.29, 0.717) is 5.16 Å². The Balaban J connectivity index is 2.23. The molecule has 27 heavy (non-hydrogen) atoms. The van der Waals surface area contributed by atoms with E-state index in [9.17, 15) is 14.4 Å². The van der Waals surface area contributed by atoms with Crippen LogP contribution in [-0.2, 0) is 4.74 Å². The predicted octanol–water partition coefficient (Wildman–Crippen LogP) is 3.93. The van der Waals surface area contributed by atoms with E-state index in [-0.39, 0.29) is 28.7 Å². The fraction of sp³-hybridized carbons (Fsp3) is 0.294. The van der Waals surface area contributed by atoms with E-state index < -0.39 is 17.5 Å². The minimum atomic E-state index is -0.782. The second-order valence-electron chi connectivity index (χ2n) is 6.26. The number of amides is 1. The number of thioether (sulfide) groups is 1. The van der Waals surface area contributed by atoms with Gasteiger partial charge in [-0.05, 0) is 39.2 Å². The third-order valence-corrected chi connectivity index (χ3v) is 3.52. The standard InChI is InChI=1S/C17H18FN5O3S/c1-17(2,3)26-16(24)21-12-6-5-9(7-11(12)18)25-14-10(8-19)13(20)22-15(23-14)27-4/h5-7H,1-4H3,(H,21,24)(H2,20,22,23). The number of hydrogen-bond donors (Lipinski definition) is 2. The molecule has 1 aromatic heterocycles. The molecule has 0 unspecified atom stereocenters. The molecule has 0 radical (unpaired) electrons. The lowest BCUT2D eigenvalue weighted by Gasteiger charge is -2.19. The second-order valence-corrected chi connectivity index (χ2v) is 7.03. The fourth-order valence-corrected chi connectivity index (χ4v) is 2.26. The topological polar surface area (TPSA) is 123 Å². The number of nitrogens with zero attached hydrogens (tertiary/aromatic N) is 3. The van der Waals surface area contributed by atoms with Gasteiger partial charge in [0.15, 0.2) is 16.5 Å². The number of hydrogen-bond acceptors (Lipinski definition) is 8. The number of carbonyl (C=O) groups excluding carboxylic acids is 1. The Labute approximate surface area is 159 Å². The smallest absolute Gasteiger partial charge is 0.412 e. The molecule has 0 aliphatic heterocycles. The van der Waals surface area contributed by atoms with Crippen LogP contribution in [0.15, 0.2) is 23.4 Å². The molecule has 0 saturated carbocycles. The van der Waals surface area contributed by atoms with Crippen molar-refractivity contribution in [1.82, 2.24) is 9.97 Å². The number of nitrogens with one attached hydrogen (secondary N) is 1. The van der Waals surface area contributed by atoms with E-state index in [4.69, 9.17) is 15.2 Å². The van der Waals surface area contributed by atoms with Crippen LogP contribution in [0.1, 0.15) is 26.3 Å². The summed E-state index contributed by atoms with van der Waals surface area (Å²) < 4.78 is 24.8. The molecule has 142 valence electrons. The van der Waals surface area contributed by atoms with Gasteiger partial charge in [0.1, 0.15) is 23.2 Å². The monoisotopic (exact) mass is 391 g/mol. The van der Waals surface area contributed by atoms with Crippen molar-refractivity contribution in [2.24, 2.45) is 0 Å². The molecule has 1 heterocycles. The summed E-state index contributed by atoms with van der Waals surface area (Å²) in [6.45, 7) is 5.09. The molecule has 1 aromatic carbocycles. The van der Waals surface area contributed by atoms with E-state index >= 15 is 0 Å². The first kappa shape index (κ1) is 20.3. The van der Waals surface area contributed by atoms with Gasteiger partial charge in [-0.1, -0.05) is 11.8 Å². The van der Waals surface area contributed by atoms with Gasteiger partial charge in [-0.15, -0.1) is 0 Å². The summed E-state index contributed by atoms with van der Waals surface area (Å²) in [6.07, 6.45) is 0.955. The molecule has 0 spiro atoms. The Bertz CT molecular complexity index is 909. The lowest BCUT2D eigenvalue weighted by Crippen LogP contribution is -2.27. The maximum atomic E-state index is 14.3. The molecule has 0 atom stereocenters. The van der Waals surface area contributed by atoms with Crippen molar-refractivity contribution in [2.45, 2.75) is 31.5 Å². The number of nitrogen functional groups attached to an aromatic ring is 1. The molecular formula is C17H18FN5O3S. The van der Waals surface area contributed by atoms with Gasteiger partial charge in [0, 0.05) is 6.07 Å². The Morgan fingerprint density at radius 2 is 2.07 bits per heavy atom. The number of ether oxygens (including phenoxy) is 2. The van der Waals surface area contributed by atoms with Crippen molar-refractivity contribution in [3.63, 3.8) is 0 Å². The minimum absolute atomic E-state index is 0.0319. The van der Waals surface area contributed by atoms with Crippen molar-refractivity contribution in [1.29, 1.82) is 5.26 Å². The summed E-state index contributed by atoms with van der Waals surface area (Å²) in [7, 11) is 0. The summed E-state index contributed by atoms with van der Waals surface area (Å²) >= 11 is 1.22. The zero-order chi connectivity index (χ0) is 20.2. The molecule has 0 bridgehead atoms. The summed E-state index contributed by atoms with van der Waals surface area (Å²) in [6, 6.07) is 5.62. The van der Waals surface area contributed by atoms with Crippen LogP contribution in [0, 0.1) is 17.1 Å². The van der Waals surface area contributed by atoms with Crippen LogP contribution >= 0.6 is 11.8 Å². The van der Waals surface area contributed by atoms with Crippen molar-refractivity contribution < 1.29 is 18.7 Å². The molecule has 1 amide bonds. The van der Waals surface area contributed by atoms with Crippen LogP contribution in [-0.4, -0.2) is 27.9 Å². The zero-order valence-electron chi connectivity index (χ0n) is 15.2. The van der Waals surface area contributed by atoms with Gasteiger partial charge in [0.25, 0.3) is 0 Å².